The van der Waals surface area contributed by atoms with E-state index < -0.39 is 0 Å². The topological polar surface area (TPSA) is 26.3 Å². The Balaban J connectivity index is 2.95. The lowest BCUT2D eigenvalue weighted by molar-refractivity contribution is -0.140. The minimum Gasteiger partial charge on any atom is -0.469 e. The van der Waals surface area contributed by atoms with E-state index in [1.54, 1.807) is 0 Å². The van der Waals surface area contributed by atoms with E-state index in [0.29, 0.717) is 6.42 Å². The molecule has 0 unspecified atom stereocenters. The van der Waals surface area contributed by atoms with Gasteiger partial charge in [-0.1, -0.05) is 19.3 Å². The van der Waals surface area contributed by atoms with Crippen LogP contribution in [-0.4, -0.2) is 13.1 Å². The number of hydrogen-bond acceptors (Lipinski definition) is 2. The van der Waals surface area contributed by atoms with Crippen molar-refractivity contribution in [3.63, 3.8) is 0 Å². The average molecular weight is 156 g/mol. The molecule has 0 aromatic rings. The lowest BCUT2D eigenvalue weighted by Crippen LogP contribution is -1.98. The summed E-state index contributed by atoms with van der Waals surface area (Å²) < 4.78 is 4.49. The van der Waals surface area contributed by atoms with E-state index in [0.717, 1.165) is 32.1 Å². The number of rotatable bonds is 6. The van der Waals surface area contributed by atoms with Gasteiger partial charge in [0.05, 0.1) is 7.11 Å². The molecular formula is C9H16O2. The van der Waals surface area contributed by atoms with Crippen LogP contribution in [0.4, 0.5) is 0 Å². The zero-order chi connectivity index (χ0) is 8.53. The number of carbonyl (C=O) groups excluding carboxylic acids is 1. The van der Waals surface area contributed by atoms with Crippen LogP contribution in [-0.2, 0) is 9.53 Å². The first-order valence-corrected chi connectivity index (χ1v) is 4.08. The molecule has 2 radical (unpaired) electrons. The van der Waals surface area contributed by atoms with Gasteiger partial charge in [0, 0.05) is 6.42 Å². The average Bonchev–Trinajstić information content (AvgIpc) is 2.04. The van der Waals surface area contributed by atoms with Crippen LogP contribution < -0.4 is 0 Å². The van der Waals surface area contributed by atoms with Crippen molar-refractivity contribution in [2.24, 2.45) is 0 Å². The predicted molar refractivity (Wildman–Crippen MR) is 44.0 cm³/mol. The zero-order valence-electron chi connectivity index (χ0n) is 7.14. The van der Waals surface area contributed by atoms with Crippen LogP contribution in [0.15, 0.2) is 0 Å². The predicted octanol–water partition coefficient (Wildman–Crippen LogP) is 2.21. The summed E-state index contributed by atoms with van der Waals surface area (Å²) in [5.74, 6) is -0.113. The normalized spacial score (nSPS) is 9.64. The maximum Gasteiger partial charge on any atom is 0.305 e. The van der Waals surface area contributed by atoms with E-state index in [1.807, 2.05) is 0 Å². The van der Waals surface area contributed by atoms with Crippen LogP contribution in [0.1, 0.15) is 38.5 Å². The number of unbranched alkanes of at least 4 members (excludes halogenated alkanes) is 4. The van der Waals surface area contributed by atoms with Crippen molar-refractivity contribution in [3.05, 3.63) is 6.92 Å². The summed E-state index contributed by atoms with van der Waals surface area (Å²) in [6.07, 6.45) is 5.47. The molecule has 2 nitrogen and oxygen atoms in total. The van der Waals surface area contributed by atoms with Gasteiger partial charge in [-0.05, 0) is 19.8 Å². The van der Waals surface area contributed by atoms with Crippen molar-refractivity contribution in [2.45, 2.75) is 38.5 Å². The Morgan fingerprint density at radius 2 is 1.91 bits per heavy atom. The lowest BCUT2D eigenvalue weighted by atomic mass is 10.1. The highest BCUT2D eigenvalue weighted by Gasteiger charge is 1.97. The molecule has 0 saturated heterocycles. The summed E-state index contributed by atoms with van der Waals surface area (Å²) in [7, 11) is 1.42. The van der Waals surface area contributed by atoms with E-state index in [-0.39, 0.29) is 5.97 Å². The summed E-state index contributed by atoms with van der Waals surface area (Å²) in [6.45, 7) is 5.31. The van der Waals surface area contributed by atoms with Crippen LogP contribution >= 0.6 is 0 Å². The second-order valence-electron chi connectivity index (χ2n) is 2.53. The van der Waals surface area contributed by atoms with Crippen molar-refractivity contribution < 1.29 is 9.53 Å². The molecule has 11 heavy (non-hydrogen) atoms. The summed E-state index contributed by atoms with van der Waals surface area (Å²) in [4.78, 5) is 10.6. The van der Waals surface area contributed by atoms with Gasteiger partial charge in [-0.25, -0.2) is 0 Å². The van der Waals surface area contributed by atoms with Crippen molar-refractivity contribution in [3.8, 4) is 0 Å². The van der Waals surface area contributed by atoms with Gasteiger partial charge in [-0.2, -0.15) is 0 Å². The molecule has 64 valence electrons. The first-order valence-electron chi connectivity index (χ1n) is 4.08. The molecule has 0 atom stereocenters. The molecular weight excluding hydrogens is 140 g/mol. The molecule has 0 heterocycles. The Morgan fingerprint density at radius 1 is 1.27 bits per heavy atom. The first-order chi connectivity index (χ1) is 5.31. The lowest BCUT2D eigenvalue weighted by Gasteiger charge is -1.98. The molecule has 0 amide bonds. The minimum atomic E-state index is -0.113. The SMILES string of the molecule is [CH]CCCCCCC(=O)OC. The van der Waals surface area contributed by atoms with Crippen molar-refractivity contribution in [1.29, 1.82) is 0 Å². The second kappa shape index (κ2) is 7.58. The highest BCUT2D eigenvalue weighted by Crippen LogP contribution is 2.04. The molecule has 0 aromatic carbocycles. The number of hydrogen-bond donors (Lipinski definition) is 0. The van der Waals surface area contributed by atoms with Gasteiger partial charge in [0.25, 0.3) is 0 Å². The van der Waals surface area contributed by atoms with Gasteiger partial charge >= 0.3 is 5.97 Å². The Morgan fingerprint density at radius 3 is 2.45 bits per heavy atom. The fourth-order valence-corrected chi connectivity index (χ4v) is 0.869. The maximum atomic E-state index is 10.6. The van der Waals surface area contributed by atoms with Crippen LogP contribution in [0.3, 0.4) is 0 Å². The number of carbonyl (C=O) groups is 1. The molecule has 0 saturated carbocycles. The highest BCUT2D eigenvalue weighted by atomic mass is 16.5. The van der Waals surface area contributed by atoms with Crippen LogP contribution in [0, 0.1) is 6.92 Å². The summed E-state index contributed by atoms with van der Waals surface area (Å²) in [5, 5.41) is 0. The van der Waals surface area contributed by atoms with Crippen LogP contribution in [0.5, 0.6) is 0 Å². The Kier molecular flexibility index (Phi) is 7.21. The molecule has 2 heteroatoms. The number of methoxy groups -OCH3 is 1. The van der Waals surface area contributed by atoms with E-state index in [9.17, 15) is 4.79 Å². The maximum absolute atomic E-state index is 10.6. The number of esters is 1. The van der Waals surface area contributed by atoms with E-state index in [1.165, 1.54) is 7.11 Å². The molecule has 0 aliphatic heterocycles. The van der Waals surface area contributed by atoms with Gasteiger partial charge in [0.2, 0.25) is 0 Å². The van der Waals surface area contributed by atoms with Gasteiger partial charge < -0.3 is 4.74 Å². The standard InChI is InChI=1S/C9H16O2/c1-3-4-5-6-7-8-9(10)11-2/h1H,3-8H2,2H3. The van der Waals surface area contributed by atoms with Crippen LogP contribution in [0.25, 0.3) is 0 Å². The largest absolute Gasteiger partial charge is 0.469 e. The van der Waals surface area contributed by atoms with Gasteiger partial charge in [0.1, 0.15) is 0 Å². The third-order valence-electron chi connectivity index (χ3n) is 1.56. The number of ether oxygens (including phenoxy) is 1. The van der Waals surface area contributed by atoms with E-state index in [4.69, 9.17) is 6.92 Å². The smallest absolute Gasteiger partial charge is 0.305 e. The Labute approximate surface area is 68.9 Å². The zero-order valence-corrected chi connectivity index (χ0v) is 7.14. The minimum absolute atomic E-state index is 0.113. The molecule has 0 rings (SSSR count). The molecule has 0 aliphatic carbocycles. The van der Waals surface area contributed by atoms with Crippen molar-refractivity contribution in [2.75, 3.05) is 7.11 Å². The van der Waals surface area contributed by atoms with Gasteiger partial charge in [-0.15, -0.1) is 0 Å². The monoisotopic (exact) mass is 156 g/mol. The Bertz CT molecular complexity index is 99.7. The van der Waals surface area contributed by atoms with Gasteiger partial charge in [-0.3, -0.25) is 4.79 Å². The summed E-state index contributed by atoms with van der Waals surface area (Å²) in [5.41, 5.74) is 0. The molecule has 0 spiro atoms. The first kappa shape index (κ1) is 10.5. The summed E-state index contributed by atoms with van der Waals surface area (Å²) >= 11 is 0. The van der Waals surface area contributed by atoms with E-state index >= 15 is 0 Å². The fraction of sp³-hybridized carbons (Fsp3) is 0.778. The third kappa shape index (κ3) is 7.37. The second-order valence-corrected chi connectivity index (χ2v) is 2.53. The highest BCUT2D eigenvalue weighted by molar-refractivity contribution is 5.68. The van der Waals surface area contributed by atoms with E-state index in [2.05, 4.69) is 4.74 Å². The van der Waals surface area contributed by atoms with Crippen LogP contribution in [0.2, 0.25) is 0 Å². The molecule has 0 fully saturated rings. The molecule has 0 bridgehead atoms. The van der Waals surface area contributed by atoms with Gasteiger partial charge in [0.15, 0.2) is 0 Å². The van der Waals surface area contributed by atoms with Crippen molar-refractivity contribution >= 4 is 5.97 Å². The Hall–Kier alpha value is -0.530. The third-order valence-corrected chi connectivity index (χ3v) is 1.56. The fourth-order valence-electron chi connectivity index (χ4n) is 0.869. The van der Waals surface area contributed by atoms with Crippen molar-refractivity contribution in [1.82, 2.24) is 0 Å². The summed E-state index contributed by atoms with van der Waals surface area (Å²) in [6, 6.07) is 0. The quantitative estimate of drug-likeness (QED) is 0.435. The molecule has 0 aliphatic rings. The molecule has 0 N–H and O–H groups in total. The molecule has 0 aromatic heterocycles.